The van der Waals surface area contributed by atoms with Crippen LogP contribution in [-0.4, -0.2) is 78.7 Å². The van der Waals surface area contributed by atoms with E-state index in [0.717, 1.165) is 37.6 Å². The van der Waals surface area contributed by atoms with Crippen LogP contribution in [0, 0.1) is 0 Å². The highest BCUT2D eigenvalue weighted by Gasteiger charge is 2.21. The number of morpholine rings is 1. The number of rotatable bonds is 8. The minimum absolute atomic E-state index is 0.302. The number of carboxylic acids is 2. The Morgan fingerprint density at radius 1 is 0.906 bits per heavy atom. The van der Waals surface area contributed by atoms with Gasteiger partial charge in [0.15, 0.2) is 0 Å². The number of para-hydroxylation sites is 1. The Morgan fingerprint density at radius 3 is 2.12 bits per heavy atom. The van der Waals surface area contributed by atoms with Gasteiger partial charge in [-0.15, -0.1) is 0 Å². The molecule has 2 N–H and O–H groups in total. The lowest BCUT2D eigenvalue weighted by molar-refractivity contribution is -0.159. The van der Waals surface area contributed by atoms with E-state index in [1.807, 2.05) is 36.4 Å². The fourth-order valence-electron chi connectivity index (χ4n) is 3.42. The third-order valence-corrected chi connectivity index (χ3v) is 4.69. The molecule has 0 amide bonds. The molecular weight excluding hydrogens is 414 g/mol. The Labute approximate surface area is 188 Å². The summed E-state index contributed by atoms with van der Waals surface area (Å²) in [6.07, 6.45) is 0.605. The first kappa shape index (κ1) is 25.3. The van der Waals surface area contributed by atoms with Crippen molar-refractivity contribution in [3.8, 4) is 16.9 Å². The molecule has 0 saturated carbocycles. The molecule has 3 rings (SSSR count). The standard InChI is InChI=1S/C22H29NO3.C2H2O4/c1-18-16-23(17-19(2)26-18)12-13-24-14-15-25-22-11-7-6-10-21(22)20-8-4-3-5-9-20;3-1(4)2(5)6/h3-11,18-19H,12-17H2,1-2H3;(H,3,4)(H,5,6). The molecular formula is C24H31NO7. The van der Waals surface area contributed by atoms with Crippen LogP contribution in [0.1, 0.15) is 13.8 Å². The molecule has 0 bridgehead atoms. The first-order chi connectivity index (χ1) is 15.4. The van der Waals surface area contributed by atoms with E-state index >= 15 is 0 Å². The van der Waals surface area contributed by atoms with Gasteiger partial charge in [-0.25, -0.2) is 9.59 Å². The van der Waals surface area contributed by atoms with Gasteiger partial charge in [0, 0.05) is 25.2 Å². The molecule has 1 aliphatic heterocycles. The number of hydrogen-bond acceptors (Lipinski definition) is 6. The van der Waals surface area contributed by atoms with Crippen molar-refractivity contribution in [3.63, 3.8) is 0 Å². The van der Waals surface area contributed by atoms with Crippen LogP contribution in [0.3, 0.4) is 0 Å². The van der Waals surface area contributed by atoms with Gasteiger partial charge in [0.05, 0.1) is 25.4 Å². The molecule has 2 aromatic carbocycles. The van der Waals surface area contributed by atoms with Crippen molar-refractivity contribution in [3.05, 3.63) is 54.6 Å². The summed E-state index contributed by atoms with van der Waals surface area (Å²) in [5.41, 5.74) is 2.28. The van der Waals surface area contributed by atoms with Crippen LogP contribution < -0.4 is 4.74 Å². The molecule has 0 spiro atoms. The van der Waals surface area contributed by atoms with Crippen molar-refractivity contribution in [1.29, 1.82) is 0 Å². The van der Waals surface area contributed by atoms with Crippen LogP contribution in [0.4, 0.5) is 0 Å². The minimum atomic E-state index is -1.82. The largest absolute Gasteiger partial charge is 0.491 e. The summed E-state index contributed by atoms with van der Waals surface area (Å²) >= 11 is 0. The number of aliphatic carboxylic acids is 2. The lowest BCUT2D eigenvalue weighted by Gasteiger charge is -2.35. The van der Waals surface area contributed by atoms with Crippen molar-refractivity contribution >= 4 is 11.9 Å². The highest BCUT2D eigenvalue weighted by atomic mass is 16.5. The van der Waals surface area contributed by atoms with Crippen molar-refractivity contribution in [2.45, 2.75) is 26.1 Å². The van der Waals surface area contributed by atoms with Crippen LogP contribution in [0.5, 0.6) is 5.75 Å². The van der Waals surface area contributed by atoms with Crippen LogP contribution in [-0.2, 0) is 19.1 Å². The predicted octanol–water partition coefficient (Wildman–Crippen LogP) is 3.01. The molecule has 1 saturated heterocycles. The molecule has 8 nitrogen and oxygen atoms in total. The summed E-state index contributed by atoms with van der Waals surface area (Å²) in [7, 11) is 0. The molecule has 174 valence electrons. The zero-order valence-electron chi connectivity index (χ0n) is 18.5. The van der Waals surface area contributed by atoms with E-state index in [-0.39, 0.29) is 0 Å². The van der Waals surface area contributed by atoms with Gasteiger partial charge in [-0.1, -0.05) is 48.5 Å². The summed E-state index contributed by atoms with van der Waals surface area (Å²) < 4.78 is 17.5. The van der Waals surface area contributed by atoms with E-state index in [1.165, 1.54) is 5.56 Å². The molecule has 8 heteroatoms. The molecule has 0 aromatic heterocycles. The second kappa shape index (κ2) is 13.5. The Hall–Kier alpha value is -2.94. The number of carbonyl (C=O) groups is 2. The van der Waals surface area contributed by atoms with Gasteiger partial charge in [-0.2, -0.15) is 0 Å². The zero-order valence-corrected chi connectivity index (χ0v) is 18.5. The summed E-state index contributed by atoms with van der Waals surface area (Å²) in [5, 5.41) is 14.8. The van der Waals surface area contributed by atoms with Gasteiger partial charge >= 0.3 is 11.9 Å². The third kappa shape index (κ3) is 9.05. The van der Waals surface area contributed by atoms with Crippen LogP contribution in [0.2, 0.25) is 0 Å². The first-order valence-corrected chi connectivity index (χ1v) is 10.6. The quantitative estimate of drug-likeness (QED) is 0.472. The highest BCUT2D eigenvalue weighted by molar-refractivity contribution is 6.27. The summed E-state index contributed by atoms with van der Waals surface area (Å²) in [5.74, 6) is -2.75. The van der Waals surface area contributed by atoms with E-state index in [2.05, 4.69) is 36.9 Å². The second-order valence-corrected chi connectivity index (χ2v) is 7.45. The fraction of sp³-hybridized carbons (Fsp3) is 0.417. The van der Waals surface area contributed by atoms with E-state index < -0.39 is 11.9 Å². The smallest absolute Gasteiger partial charge is 0.414 e. The second-order valence-electron chi connectivity index (χ2n) is 7.45. The lowest BCUT2D eigenvalue weighted by Crippen LogP contribution is -2.46. The molecule has 0 aliphatic carbocycles. The molecule has 1 fully saturated rings. The van der Waals surface area contributed by atoms with Crippen LogP contribution >= 0.6 is 0 Å². The number of carboxylic acid groups (broad SMARTS) is 2. The lowest BCUT2D eigenvalue weighted by atomic mass is 10.1. The van der Waals surface area contributed by atoms with E-state index in [4.69, 9.17) is 34.0 Å². The average Bonchev–Trinajstić information content (AvgIpc) is 2.77. The van der Waals surface area contributed by atoms with Gasteiger partial charge in [-0.05, 0) is 25.5 Å². The SMILES string of the molecule is CC1CN(CCOCCOc2ccccc2-c2ccccc2)CC(C)O1.O=C(O)C(=O)O. The van der Waals surface area contributed by atoms with Gasteiger partial charge in [-0.3, -0.25) is 4.90 Å². The summed E-state index contributed by atoms with van der Waals surface area (Å²) in [6.45, 7) is 9.03. The number of benzene rings is 2. The number of nitrogens with zero attached hydrogens (tertiary/aromatic N) is 1. The average molecular weight is 446 g/mol. The maximum atomic E-state index is 9.10. The Balaban J connectivity index is 0.000000534. The summed E-state index contributed by atoms with van der Waals surface area (Å²) in [6, 6.07) is 18.5. The van der Waals surface area contributed by atoms with Gasteiger partial charge in [0.1, 0.15) is 12.4 Å². The Bertz CT molecular complexity index is 821. The van der Waals surface area contributed by atoms with Gasteiger partial charge in [0.2, 0.25) is 0 Å². The van der Waals surface area contributed by atoms with Gasteiger partial charge in [0.25, 0.3) is 0 Å². The van der Waals surface area contributed by atoms with Gasteiger partial charge < -0.3 is 24.4 Å². The Morgan fingerprint density at radius 2 is 1.50 bits per heavy atom. The first-order valence-electron chi connectivity index (χ1n) is 10.6. The number of ether oxygens (including phenoxy) is 3. The summed E-state index contributed by atoms with van der Waals surface area (Å²) in [4.78, 5) is 20.6. The molecule has 1 aliphatic rings. The maximum Gasteiger partial charge on any atom is 0.414 e. The third-order valence-electron chi connectivity index (χ3n) is 4.69. The fourth-order valence-corrected chi connectivity index (χ4v) is 3.42. The van der Waals surface area contributed by atoms with E-state index in [0.29, 0.717) is 25.4 Å². The predicted molar refractivity (Wildman–Crippen MR) is 120 cm³/mol. The maximum absolute atomic E-state index is 9.10. The van der Waals surface area contributed by atoms with Crippen LogP contribution in [0.25, 0.3) is 11.1 Å². The normalized spacial score (nSPS) is 18.3. The molecule has 2 unspecified atom stereocenters. The number of hydrogen-bond donors (Lipinski definition) is 2. The molecule has 0 radical (unpaired) electrons. The molecule has 2 atom stereocenters. The van der Waals surface area contributed by atoms with Crippen LogP contribution in [0.15, 0.2) is 54.6 Å². The molecule has 1 heterocycles. The zero-order chi connectivity index (χ0) is 23.3. The van der Waals surface area contributed by atoms with Crippen molar-refractivity contribution < 1.29 is 34.0 Å². The van der Waals surface area contributed by atoms with Crippen molar-refractivity contribution in [2.75, 3.05) is 39.5 Å². The van der Waals surface area contributed by atoms with Crippen molar-refractivity contribution in [1.82, 2.24) is 4.90 Å². The highest BCUT2D eigenvalue weighted by Crippen LogP contribution is 2.29. The van der Waals surface area contributed by atoms with Crippen molar-refractivity contribution in [2.24, 2.45) is 0 Å². The minimum Gasteiger partial charge on any atom is -0.491 e. The topological polar surface area (TPSA) is 106 Å². The monoisotopic (exact) mass is 445 g/mol. The van der Waals surface area contributed by atoms with E-state index in [1.54, 1.807) is 0 Å². The molecule has 32 heavy (non-hydrogen) atoms. The van der Waals surface area contributed by atoms with E-state index in [9.17, 15) is 0 Å². The molecule has 2 aromatic rings. The Kier molecular flexibility index (Phi) is 10.7.